The van der Waals surface area contributed by atoms with E-state index in [-0.39, 0.29) is 23.0 Å². The van der Waals surface area contributed by atoms with Crippen LogP contribution in [0, 0.1) is 12.7 Å². The van der Waals surface area contributed by atoms with E-state index >= 15 is 4.39 Å². The van der Waals surface area contributed by atoms with E-state index in [1.165, 1.54) is 26.0 Å². The van der Waals surface area contributed by atoms with Gasteiger partial charge in [0.1, 0.15) is 28.9 Å². The fourth-order valence-electron chi connectivity index (χ4n) is 6.40. The maximum Gasteiger partial charge on any atom is 0.318 e. The Labute approximate surface area is 221 Å². The number of anilines is 1. The van der Waals surface area contributed by atoms with Crippen molar-refractivity contribution in [2.75, 3.05) is 38.2 Å². The van der Waals surface area contributed by atoms with Gasteiger partial charge in [0.25, 0.3) is 0 Å². The number of pyridine rings is 1. The third-order valence-corrected chi connectivity index (χ3v) is 8.28. The Bertz CT molecular complexity index is 1320. The molecule has 4 aliphatic heterocycles. The Balaban J connectivity index is 0.000000246. The fourth-order valence-corrected chi connectivity index (χ4v) is 6.40. The second-order valence-corrected chi connectivity index (χ2v) is 10.9. The number of fused-ring (bicyclic) bond motifs is 4. The van der Waals surface area contributed by atoms with Gasteiger partial charge in [0.2, 0.25) is 0 Å². The van der Waals surface area contributed by atoms with Crippen LogP contribution in [0.3, 0.4) is 0 Å². The third kappa shape index (κ3) is 4.75. The molecule has 6 heterocycles. The largest absolute Gasteiger partial charge is 0.508 e. The van der Waals surface area contributed by atoms with E-state index < -0.39 is 12.0 Å². The molecule has 10 heteroatoms. The number of aromatic nitrogens is 3. The van der Waals surface area contributed by atoms with E-state index in [0.717, 1.165) is 44.5 Å². The predicted molar refractivity (Wildman–Crippen MR) is 142 cm³/mol. The first-order chi connectivity index (χ1) is 18.4. The lowest BCUT2D eigenvalue weighted by Crippen LogP contribution is -2.51. The quantitative estimate of drug-likeness (QED) is 0.532. The van der Waals surface area contributed by atoms with Gasteiger partial charge in [0.15, 0.2) is 5.82 Å². The fraction of sp³-hybridized carbons (Fsp3) is 0.536. The van der Waals surface area contributed by atoms with Gasteiger partial charge >= 0.3 is 6.01 Å². The Morgan fingerprint density at radius 3 is 2.63 bits per heavy atom. The summed E-state index contributed by atoms with van der Waals surface area (Å²) < 4.78 is 33.5. The molecule has 0 aliphatic carbocycles. The molecule has 4 saturated heterocycles. The molecule has 0 saturated carbocycles. The average Bonchev–Trinajstić information content (AvgIpc) is 3.60. The van der Waals surface area contributed by atoms with Gasteiger partial charge in [-0.15, -0.1) is 0 Å². The molecule has 7 rings (SSSR count). The average molecular weight is 525 g/mol. The molecule has 4 atom stereocenters. The zero-order valence-electron chi connectivity index (χ0n) is 21.8. The van der Waals surface area contributed by atoms with Crippen LogP contribution in [-0.4, -0.2) is 82.5 Å². The molecule has 202 valence electrons. The number of piperazine rings is 1. The molecule has 1 aromatic carbocycles. The summed E-state index contributed by atoms with van der Waals surface area (Å²) in [5.41, 5.74) is 1.67. The molecule has 4 unspecified atom stereocenters. The van der Waals surface area contributed by atoms with Crippen molar-refractivity contribution in [1.29, 1.82) is 0 Å². The second kappa shape index (κ2) is 10.2. The number of phenolic OH excluding ortho intramolecular Hbond substituents is 1. The normalized spacial score (nSPS) is 26.4. The van der Waals surface area contributed by atoms with Crippen LogP contribution in [0.4, 0.5) is 14.6 Å². The molecular weight excluding hydrogens is 490 g/mol. The number of benzene rings is 1. The highest BCUT2D eigenvalue weighted by Crippen LogP contribution is 2.35. The van der Waals surface area contributed by atoms with Crippen molar-refractivity contribution in [3.63, 3.8) is 0 Å². The zero-order valence-corrected chi connectivity index (χ0v) is 21.8. The van der Waals surface area contributed by atoms with Gasteiger partial charge in [-0.3, -0.25) is 9.88 Å². The molecule has 2 N–H and O–H groups in total. The number of hydrogen-bond acceptors (Lipinski definition) is 8. The highest BCUT2D eigenvalue weighted by atomic mass is 19.1. The molecule has 0 radical (unpaired) electrons. The summed E-state index contributed by atoms with van der Waals surface area (Å²) in [4.78, 5) is 17.7. The molecule has 0 spiro atoms. The summed E-state index contributed by atoms with van der Waals surface area (Å²) >= 11 is 0. The Morgan fingerprint density at radius 1 is 1.11 bits per heavy atom. The molecule has 38 heavy (non-hydrogen) atoms. The van der Waals surface area contributed by atoms with Crippen LogP contribution in [0.1, 0.15) is 37.7 Å². The van der Waals surface area contributed by atoms with Crippen molar-refractivity contribution >= 4 is 16.7 Å². The number of rotatable bonds is 3. The number of alkyl halides is 1. The van der Waals surface area contributed by atoms with Gasteiger partial charge in [-0.1, -0.05) is 6.07 Å². The number of aryl methyl sites for hydroxylation is 1. The molecular formula is C28H34F2N6O2. The number of nitrogens with one attached hydrogen (secondary N) is 1. The highest BCUT2D eigenvalue weighted by molar-refractivity contribution is 5.92. The molecule has 2 aromatic heterocycles. The second-order valence-electron chi connectivity index (χ2n) is 10.9. The van der Waals surface area contributed by atoms with Crippen LogP contribution in [0.25, 0.3) is 22.2 Å². The standard InChI is InChI=1S/C21H22FN5O2.C7H12FN/c1-11-3-6-14(28)7-15(11)18-17(22)19-16(8-23-18)20(26-21(25-19)29-2)27-9-12-4-5-13(10-27)24-12;8-6-4-7-2-1-3-9(7)5-6/h3,6-8,12-13,24,28H,4-5,9-10H2,1-2H3;6-7H,1-5H2. The van der Waals surface area contributed by atoms with Gasteiger partial charge in [-0.25, -0.2) is 8.78 Å². The van der Waals surface area contributed by atoms with Gasteiger partial charge in [0, 0.05) is 49.5 Å². The summed E-state index contributed by atoms with van der Waals surface area (Å²) in [6.45, 7) is 5.32. The Kier molecular flexibility index (Phi) is 6.77. The SMILES string of the molecule is COc1nc(N2CC3CCC(C2)N3)c2cnc(-c3cc(O)ccc3C)c(F)c2n1.FC1CC2CCCN2C1. The summed E-state index contributed by atoms with van der Waals surface area (Å²) in [6, 6.07) is 6.38. The molecule has 4 aliphatic rings. The van der Waals surface area contributed by atoms with Crippen molar-refractivity contribution in [3.8, 4) is 23.0 Å². The summed E-state index contributed by atoms with van der Waals surface area (Å²) in [6.07, 6.45) is 6.70. The minimum atomic E-state index is -0.545. The predicted octanol–water partition coefficient (Wildman–Crippen LogP) is 3.99. The maximum atomic E-state index is 15.6. The highest BCUT2D eigenvalue weighted by Gasteiger charge is 2.35. The summed E-state index contributed by atoms with van der Waals surface area (Å²) in [5, 5.41) is 14.0. The van der Waals surface area contributed by atoms with Crippen LogP contribution in [-0.2, 0) is 0 Å². The smallest absolute Gasteiger partial charge is 0.318 e. The van der Waals surface area contributed by atoms with E-state index in [9.17, 15) is 9.50 Å². The first-order valence-corrected chi connectivity index (χ1v) is 13.5. The molecule has 0 amide bonds. The van der Waals surface area contributed by atoms with Crippen molar-refractivity contribution in [3.05, 3.63) is 35.8 Å². The zero-order chi connectivity index (χ0) is 26.4. The first-order valence-electron chi connectivity index (χ1n) is 13.5. The number of ether oxygens (including phenoxy) is 1. The third-order valence-electron chi connectivity index (χ3n) is 8.28. The van der Waals surface area contributed by atoms with Crippen molar-refractivity contribution in [1.82, 2.24) is 25.2 Å². The summed E-state index contributed by atoms with van der Waals surface area (Å²) in [7, 11) is 1.48. The van der Waals surface area contributed by atoms with Gasteiger partial charge in [0.05, 0.1) is 12.5 Å². The lowest BCUT2D eigenvalue weighted by molar-refractivity contribution is 0.292. The number of aromatic hydroxyl groups is 1. The number of methoxy groups -OCH3 is 1. The van der Waals surface area contributed by atoms with E-state index in [0.29, 0.717) is 41.4 Å². The molecule has 3 aromatic rings. The van der Waals surface area contributed by atoms with Crippen LogP contribution >= 0.6 is 0 Å². The van der Waals surface area contributed by atoms with Crippen LogP contribution in [0.2, 0.25) is 0 Å². The Hall–Kier alpha value is -3.11. The van der Waals surface area contributed by atoms with Crippen LogP contribution in [0.15, 0.2) is 24.4 Å². The van der Waals surface area contributed by atoms with E-state index in [1.807, 2.05) is 6.92 Å². The van der Waals surface area contributed by atoms with E-state index in [4.69, 9.17) is 4.74 Å². The molecule has 8 nitrogen and oxygen atoms in total. The minimum Gasteiger partial charge on any atom is -0.508 e. The van der Waals surface area contributed by atoms with Gasteiger partial charge in [-0.05, 0) is 63.3 Å². The Morgan fingerprint density at radius 2 is 1.89 bits per heavy atom. The number of hydrogen-bond donors (Lipinski definition) is 2. The van der Waals surface area contributed by atoms with Gasteiger partial charge < -0.3 is 20.1 Å². The molecule has 4 fully saturated rings. The maximum absolute atomic E-state index is 15.6. The minimum absolute atomic E-state index is 0.0594. The monoisotopic (exact) mass is 524 g/mol. The van der Waals surface area contributed by atoms with Crippen molar-refractivity contribution in [2.45, 2.75) is 63.3 Å². The first kappa shape index (κ1) is 25.2. The van der Waals surface area contributed by atoms with Crippen molar-refractivity contribution in [2.24, 2.45) is 0 Å². The summed E-state index contributed by atoms with van der Waals surface area (Å²) in [5.74, 6) is 0.163. The van der Waals surface area contributed by atoms with E-state index in [2.05, 4.69) is 30.1 Å². The number of phenols is 1. The lowest BCUT2D eigenvalue weighted by Gasteiger charge is -2.34. The number of halogens is 2. The van der Waals surface area contributed by atoms with Gasteiger partial charge in [-0.2, -0.15) is 9.97 Å². The van der Waals surface area contributed by atoms with Crippen LogP contribution in [0.5, 0.6) is 11.8 Å². The molecule has 2 bridgehead atoms. The topological polar surface area (TPSA) is 86.6 Å². The van der Waals surface area contributed by atoms with Crippen molar-refractivity contribution < 1.29 is 18.6 Å². The number of nitrogens with zero attached hydrogens (tertiary/aromatic N) is 5. The lowest BCUT2D eigenvalue weighted by atomic mass is 10.0. The van der Waals surface area contributed by atoms with Crippen LogP contribution < -0.4 is 15.0 Å². The van der Waals surface area contributed by atoms with E-state index in [1.54, 1.807) is 18.3 Å².